The van der Waals surface area contributed by atoms with Gasteiger partial charge in [0, 0.05) is 5.69 Å². The summed E-state index contributed by atoms with van der Waals surface area (Å²) in [4.78, 5) is 12.1. The number of nitrogen functional groups attached to an aromatic ring is 1. The topological polar surface area (TPSA) is 109 Å². The van der Waals surface area contributed by atoms with Gasteiger partial charge >= 0.3 is 13.7 Å². The van der Waals surface area contributed by atoms with Crippen LogP contribution in [0.25, 0.3) is 0 Å². The average molecular weight is 408 g/mol. The second-order valence-corrected chi connectivity index (χ2v) is 7.89. The van der Waals surface area contributed by atoms with E-state index in [1.807, 2.05) is 0 Å². The van der Waals surface area contributed by atoms with E-state index in [-0.39, 0.29) is 12.9 Å². The van der Waals surface area contributed by atoms with Crippen LogP contribution in [0.15, 0.2) is 54.6 Å². The number of benzene rings is 2. The maximum atomic E-state index is 13.2. The number of para-hydroxylation sites is 1. The second kappa shape index (κ2) is 10.1. The van der Waals surface area contributed by atoms with Crippen LogP contribution in [0.3, 0.4) is 0 Å². The highest BCUT2D eigenvalue weighted by molar-refractivity contribution is 7.52. The minimum absolute atomic E-state index is 0.305. The number of carbonyl (C=O) groups excluding carboxylic acids is 1. The van der Waals surface area contributed by atoms with Gasteiger partial charge in [0.2, 0.25) is 0 Å². The quantitative estimate of drug-likeness (QED) is 0.265. The first-order valence-electron chi connectivity index (χ1n) is 8.73. The fourth-order valence-electron chi connectivity index (χ4n) is 2.06. The predicted molar refractivity (Wildman–Crippen MR) is 106 cm³/mol. The van der Waals surface area contributed by atoms with Crippen LogP contribution in [-0.4, -0.2) is 24.9 Å². The molecule has 1 unspecified atom stereocenters. The van der Waals surface area contributed by atoms with E-state index in [0.29, 0.717) is 17.2 Å². The number of esters is 1. The molecule has 2 aromatic carbocycles. The van der Waals surface area contributed by atoms with Gasteiger partial charge in [-0.05, 0) is 57.2 Å². The summed E-state index contributed by atoms with van der Waals surface area (Å²) >= 11 is 0. The highest BCUT2D eigenvalue weighted by atomic mass is 31.2. The van der Waals surface area contributed by atoms with E-state index in [2.05, 4.69) is 5.09 Å². The minimum Gasteiger partial charge on any atom is -0.467 e. The normalized spacial score (nSPS) is 14.1. The smallest absolute Gasteiger partial charge is 0.462 e. The summed E-state index contributed by atoms with van der Waals surface area (Å²) in [5, 5.41) is 2.58. The highest BCUT2D eigenvalue weighted by Gasteiger charge is 2.32. The Hall–Kier alpha value is -2.54. The molecule has 0 aliphatic carbocycles. The fourth-order valence-corrected chi connectivity index (χ4v) is 3.41. The number of nitrogens with two attached hydrogens (primary N) is 1. The van der Waals surface area contributed by atoms with Crippen molar-refractivity contribution in [2.24, 2.45) is 0 Å². The molecule has 2 rings (SSSR count). The summed E-state index contributed by atoms with van der Waals surface area (Å²) in [6, 6.07) is 14.2. The van der Waals surface area contributed by atoms with Gasteiger partial charge in [0.15, 0.2) is 6.79 Å². The molecule has 0 fully saturated rings. The number of nitrogens with one attached hydrogen (secondary N) is 1. The van der Waals surface area contributed by atoms with Crippen molar-refractivity contribution in [1.82, 2.24) is 5.09 Å². The van der Waals surface area contributed by atoms with Gasteiger partial charge < -0.3 is 19.7 Å². The summed E-state index contributed by atoms with van der Waals surface area (Å²) < 4.78 is 34.5. The summed E-state index contributed by atoms with van der Waals surface area (Å²) in [6.45, 7) is 4.59. The molecule has 8 nitrogen and oxygen atoms in total. The Morgan fingerprint density at radius 2 is 1.68 bits per heavy atom. The van der Waals surface area contributed by atoms with E-state index in [0.717, 1.165) is 0 Å². The highest BCUT2D eigenvalue weighted by Crippen LogP contribution is 2.44. The molecule has 0 aliphatic rings. The van der Waals surface area contributed by atoms with Crippen LogP contribution in [0.2, 0.25) is 0 Å². The van der Waals surface area contributed by atoms with Crippen molar-refractivity contribution in [3.05, 3.63) is 54.6 Å². The maximum Gasteiger partial charge on any atom is 0.462 e. The molecule has 0 saturated heterocycles. The van der Waals surface area contributed by atoms with Crippen LogP contribution >= 0.6 is 7.75 Å². The molecule has 0 aliphatic heterocycles. The largest absolute Gasteiger partial charge is 0.467 e. The molecule has 0 spiro atoms. The number of anilines is 1. The number of hydrogen-bond donors (Lipinski definition) is 2. The van der Waals surface area contributed by atoms with Gasteiger partial charge in [0.25, 0.3) is 0 Å². The van der Waals surface area contributed by atoms with Crippen LogP contribution in [0, 0.1) is 0 Å². The van der Waals surface area contributed by atoms with E-state index in [9.17, 15) is 9.36 Å². The van der Waals surface area contributed by atoms with Crippen LogP contribution in [0.5, 0.6) is 11.5 Å². The number of rotatable bonds is 10. The first kappa shape index (κ1) is 21.8. The average Bonchev–Trinajstić information content (AvgIpc) is 2.63. The predicted octanol–water partition coefficient (Wildman–Crippen LogP) is 3.74. The Kier molecular flexibility index (Phi) is 7.87. The van der Waals surface area contributed by atoms with Crippen LogP contribution in [0.4, 0.5) is 5.69 Å². The maximum absolute atomic E-state index is 13.2. The summed E-state index contributed by atoms with van der Waals surface area (Å²) in [5.41, 5.74) is 6.21. The van der Waals surface area contributed by atoms with Gasteiger partial charge in [0.1, 0.15) is 17.5 Å². The summed E-state index contributed by atoms with van der Waals surface area (Å²) in [7, 11) is -3.94. The lowest BCUT2D eigenvalue weighted by molar-refractivity contribution is -0.149. The molecule has 9 heteroatoms. The van der Waals surface area contributed by atoms with Crippen molar-refractivity contribution in [2.45, 2.75) is 32.9 Å². The van der Waals surface area contributed by atoms with Gasteiger partial charge in [-0.3, -0.25) is 4.79 Å². The molecule has 0 bridgehead atoms. The molecule has 0 aromatic heterocycles. The standard InChI is InChI=1S/C19H25N2O6P/c1-14(2)26-19(22)15(3)21-28(23,27-18-7-5-4-6-8-18)25-13-24-17-11-9-16(20)10-12-17/h4-12,14-15H,13,20H2,1-3H3,(H,21,23)/t15-,28?/m0/s1. The summed E-state index contributed by atoms with van der Waals surface area (Å²) in [5.74, 6) is 0.220. The molecule has 0 radical (unpaired) electrons. The molecule has 0 heterocycles. The zero-order valence-corrected chi connectivity index (χ0v) is 16.9. The fraction of sp³-hybridized carbons (Fsp3) is 0.316. The lowest BCUT2D eigenvalue weighted by atomic mass is 10.3. The first-order chi connectivity index (χ1) is 13.3. The SMILES string of the molecule is CC(C)OC(=O)[C@H](C)NP(=O)(OCOc1ccc(N)cc1)Oc1ccccc1. The van der Waals surface area contributed by atoms with Crippen molar-refractivity contribution >= 4 is 19.4 Å². The van der Waals surface area contributed by atoms with Gasteiger partial charge in [-0.15, -0.1) is 0 Å². The lowest BCUT2D eigenvalue weighted by Gasteiger charge is -2.23. The van der Waals surface area contributed by atoms with Crippen molar-refractivity contribution in [3.8, 4) is 11.5 Å². The monoisotopic (exact) mass is 408 g/mol. The third-order valence-electron chi connectivity index (χ3n) is 3.35. The van der Waals surface area contributed by atoms with Gasteiger partial charge in [0.05, 0.1) is 6.10 Å². The number of hydrogen-bond acceptors (Lipinski definition) is 7. The zero-order chi connectivity index (χ0) is 20.6. The minimum atomic E-state index is -3.94. The molecule has 152 valence electrons. The molecule has 2 aromatic rings. The number of carbonyl (C=O) groups is 1. The molecule has 3 N–H and O–H groups in total. The van der Waals surface area contributed by atoms with Crippen LogP contribution in [-0.2, 0) is 18.6 Å². The number of ether oxygens (including phenoxy) is 2. The second-order valence-electron chi connectivity index (χ2n) is 6.20. The van der Waals surface area contributed by atoms with Crippen molar-refractivity contribution in [2.75, 3.05) is 12.5 Å². The molecular weight excluding hydrogens is 383 g/mol. The Bertz CT molecular complexity index is 798. The third-order valence-corrected chi connectivity index (χ3v) is 4.95. The first-order valence-corrected chi connectivity index (χ1v) is 10.3. The molecular formula is C19H25N2O6P. The van der Waals surface area contributed by atoms with Crippen LogP contribution in [0.1, 0.15) is 20.8 Å². The lowest BCUT2D eigenvalue weighted by Crippen LogP contribution is -2.36. The van der Waals surface area contributed by atoms with Crippen molar-refractivity contribution < 1.29 is 27.9 Å². The molecule has 0 saturated carbocycles. The van der Waals surface area contributed by atoms with Gasteiger partial charge in [-0.1, -0.05) is 18.2 Å². The Labute approximate surface area is 164 Å². The van der Waals surface area contributed by atoms with E-state index >= 15 is 0 Å². The van der Waals surface area contributed by atoms with E-state index in [1.165, 1.54) is 6.92 Å². The van der Waals surface area contributed by atoms with Gasteiger partial charge in [-0.2, -0.15) is 5.09 Å². The molecule has 2 atom stereocenters. The Balaban J connectivity index is 2.05. The third kappa shape index (κ3) is 7.23. The van der Waals surface area contributed by atoms with Crippen molar-refractivity contribution in [3.63, 3.8) is 0 Å². The summed E-state index contributed by atoms with van der Waals surface area (Å²) in [6.07, 6.45) is -0.305. The Morgan fingerprint density at radius 3 is 2.29 bits per heavy atom. The van der Waals surface area contributed by atoms with E-state index in [1.54, 1.807) is 68.4 Å². The van der Waals surface area contributed by atoms with E-state index < -0.39 is 19.8 Å². The van der Waals surface area contributed by atoms with Gasteiger partial charge in [-0.25, -0.2) is 9.09 Å². The van der Waals surface area contributed by atoms with E-state index in [4.69, 9.17) is 24.3 Å². The molecule has 28 heavy (non-hydrogen) atoms. The molecule has 0 amide bonds. The van der Waals surface area contributed by atoms with Crippen LogP contribution < -0.4 is 20.1 Å². The Morgan fingerprint density at radius 1 is 1.04 bits per heavy atom. The van der Waals surface area contributed by atoms with Crippen molar-refractivity contribution in [1.29, 1.82) is 0 Å². The zero-order valence-electron chi connectivity index (χ0n) is 16.0.